The first kappa shape index (κ1) is 17.0. The number of hydrogen-bond acceptors (Lipinski definition) is 5. The van der Waals surface area contributed by atoms with Gasteiger partial charge in [-0.3, -0.25) is 9.78 Å². The third-order valence-corrected chi connectivity index (χ3v) is 5.84. The zero-order chi connectivity index (χ0) is 17.3. The maximum absolute atomic E-state index is 12.8. The number of rotatable bonds is 4. The molecule has 1 saturated heterocycles. The lowest BCUT2D eigenvalue weighted by Gasteiger charge is -2.15. The molecule has 2 aromatic rings. The standard InChI is InChI=1S/C18H23N3O2S/c1-11(2)17-20-12(3)16(24-17)18(23)21-9-13(15(22)10-21)8-14-6-4-5-7-19-14/h4-7,11,13,15,22H,8-10H2,1-3H3/t13-,15-/m1/s1. The van der Waals surface area contributed by atoms with Crippen molar-refractivity contribution in [2.75, 3.05) is 13.1 Å². The summed E-state index contributed by atoms with van der Waals surface area (Å²) in [5.74, 6) is 0.331. The van der Waals surface area contributed by atoms with Gasteiger partial charge in [0.25, 0.3) is 5.91 Å². The van der Waals surface area contributed by atoms with Crippen LogP contribution < -0.4 is 0 Å². The molecule has 0 aliphatic carbocycles. The fourth-order valence-electron chi connectivity index (χ4n) is 3.01. The van der Waals surface area contributed by atoms with Gasteiger partial charge in [0.15, 0.2) is 0 Å². The Balaban J connectivity index is 1.71. The molecule has 1 fully saturated rings. The second kappa shape index (κ2) is 6.99. The number of aryl methyl sites for hydroxylation is 1. The van der Waals surface area contributed by atoms with Gasteiger partial charge in [0.05, 0.1) is 16.8 Å². The van der Waals surface area contributed by atoms with Gasteiger partial charge >= 0.3 is 0 Å². The minimum Gasteiger partial charge on any atom is -0.391 e. The van der Waals surface area contributed by atoms with Gasteiger partial charge in [-0.1, -0.05) is 19.9 Å². The van der Waals surface area contributed by atoms with Crippen LogP contribution in [0, 0.1) is 12.8 Å². The number of carbonyl (C=O) groups is 1. The molecule has 1 N–H and O–H groups in total. The topological polar surface area (TPSA) is 66.3 Å². The Kier molecular flexibility index (Phi) is 4.96. The minimum absolute atomic E-state index is 0.0144. The molecule has 0 bridgehead atoms. The molecule has 0 radical (unpaired) electrons. The van der Waals surface area contributed by atoms with Crippen molar-refractivity contribution in [3.8, 4) is 0 Å². The lowest BCUT2D eigenvalue weighted by Crippen LogP contribution is -2.29. The number of thiazole rings is 1. The Morgan fingerprint density at radius 2 is 2.21 bits per heavy atom. The van der Waals surface area contributed by atoms with Crippen LogP contribution in [0.2, 0.25) is 0 Å². The average Bonchev–Trinajstić information content (AvgIpc) is 3.12. The van der Waals surface area contributed by atoms with E-state index in [0.29, 0.717) is 30.3 Å². The van der Waals surface area contributed by atoms with Gasteiger partial charge in [0, 0.05) is 36.8 Å². The molecule has 0 saturated carbocycles. The number of likely N-dealkylation sites (tertiary alicyclic amines) is 1. The lowest BCUT2D eigenvalue weighted by atomic mass is 10.00. The third kappa shape index (κ3) is 3.49. The predicted molar refractivity (Wildman–Crippen MR) is 94.3 cm³/mol. The SMILES string of the molecule is Cc1nc(C(C)C)sc1C(=O)N1C[C@@H](Cc2ccccn2)[C@H](O)C1. The number of aromatic nitrogens is 2. The predicted octanol–water partition coefficient (Wildman–Crippen LogP) is 2.65. The van der Waals surface area contributed by atoms with Gasteiger partial charge in [-0.25, -0.2) is 4.98 Å². The summed E-state index contributed by atoms with van der Waals surface area (Å²) in [7, 11) is 0. The molecule has 24 heavy (non-hydrogen) atoms. The first-order chi connectivity index (χ1) is 11.5. The first-order valence-electron chi connectivity index (χ1n) is 8.30. The van der Waals surface area contributed by atoms with Crippen molar-refractivity contribution in [2.24, 2.45) is 5.92 Å². The van der Waals surface area contributed by atoms with Crippen molar-refractivity contribution in [2.45, 2.75) is 39.2 Å². The Hall–Kier alpha value is -1.79. The van der Waals surface area contributed by atoms with Crippen molar-refractivity contribution < 1.29 is 9.90 Å². The smallest absolute Gasteiger partial charge is 0.265 e. The molecule has 1 amide bonds. The number of hydrogen-bond donors (Lipinski definition) is 1. The van der Waals surface area contributed by atoms with Gasteiger partial charge < -0.3 is 10.0 Å². The minimum atomic E-state index is -0.506. The van der Waals surface area contributed by atoms with Crippen LogP contribution in [-0.2, 0) is 6.42 Å². The molecule has 0 unspecified atom stereocenters. The molecule has 0 aromatic carbocycles. The molecule has 3 rings (SSSR count). The average molecular weight is 345 g/mol. The third-order valence-electron chi connectivity index (χ3n) is 4.39. The second-order valence-electron chi connectivity index (χ2n) is 6.68. The van der Waals surface area contributed by atoms with Crippen molar-refractivity contribution in [3.63, 3.8) is 0 Å². The Labute approximate surface area is 146 Å². The zero-order valence-electron chi connectivity index (χ0n) is 14.3. The normalized spacial score (nSPS) is 20.8. The van der Waals surface area contributed by atoms with Gasteiger partial charge in [-0.2, -0.15) is 0 Å². The number of nitrogens with zero attached hydrogens (tertiary/aromatic N) is 3. The largest absolute Gasteiger partial charge is 0.391 e. The molecule has 2 aromatic heterocycles. The summed E-state index contributed by atoms with van der Waals surface area (Å²) in [6, 6.07) is 5.78. The fourth-order valence-corrected chi connectivity index (χ4v) is 4.05. The van der Waals surface area contributed by atoms with Crippen LogP contribution in [0.3, 0.4) is 0 Å². The van der Waals surface area contributed by atoms with Gasteiger partial charge in [0.1, 0.15) is 4.88 Å². The van der Waals surface area contributed by atoms with Crippen molar-refractivity contribution in [3.05, 3.63) is 45.7 Å². The van der Waals surface area contributed by atoms with Crippen LogP contribution in [0.25, 0.3) is 0 Å². The Morgan fingerprint density at radius 1 is 1.42 bits per heavy atom. The molecular formula is C18H23N3O2S. The maximum atomic E-state index is 12.8. The molecule has 2 atom stereocenters. The number of aliphatic hydroxyl groups excluding tert-OH is 1. The molecular weight excluding hydrogens is 322 g/mol. The van der Waals surface area contributed by atoms with Gasteiger partial charge in [0.2, 0.25) is 0 Å². The summed E-state index contributed by atoms with van der Waals surface area (Å²) < 4.78 is 0. The summed E-state index contributed by atoms with van der Waals surface area (Å²) >= 11 is 1.47. The highest BCUT2D eigenvalue weighted by atomic mass is 32.1. The second-order valence-corrected chi connectivity index (χ2v) is 7.71. The molecule has 128 valence electrons. The van der Waals surface area contributed by atoms with E-state index >= 15 is 0 Å². The highest BCUT2D eigenvalue weighted by molar-refractivity contribution is 7.13. The van der Waals surface area contributed by atoms with E-state index in [1.165, 1.54) is 11.3 Å². The zero-order valence-corrected chi connectivity index (χ0v) is 15.1. The van der Waals surface area contributed by atoms with Crippen LogP contribution in [0.5, 0.6) is 0 Å². The van der Waals surface area contributed by atoms with Gasteiger partial charge in [-0.05, 0) is 25.5 Å². The van der Waals surface area contributed by atoms with E-state index in [4.69, 9.17) is 0 Å². The summed E-state index contributed by atoms with van der Waals surface area (Å²) in [6.07, 6.45) is 1.94. The van der Waals surface area contributed by atoms with Crippen LogP contribution in [0.15, 0.2) is 24.4 Å². The van der Waals surface area contributed by atoms with Crippen LogP contribution >= 0.6 is 11.3 Å². The molecule has 1 aliphatic rings. The lowest BCUT2D eigenvalue weighted by molar-refractivity contribution is 0.0768. The Bertz CT molecular complexity index is 714. The highest BCUT2D eigenvalue weighted by Gasteiger charge is 2.35. The monoisotopic (exact) mass is 345 g/mol. The fraction of sp³-hybridized carbons (Fsp3) is 0.500. The summed E-state index contributed by atoms with van der Waals surface area (Å²) in [6.45, 7) is 6.98. The maximum Gasteiger partial charge on any atom is 0.265 e. The molecule has 6 heteroatoms. The van der Waals surface area contributed by atoms with Crippen LogP contribution in [-0.4, -0.2) is 45.1 Å². The van der Waals surface area contributed by atoms with Crippen molar-refractivity contribution >= 4 is 17.2 Å². The van der Waals surface area contributed by atoms with E-state index in [0.717, 1.165) is 16.4 Å². The summed E-state index contributed by atoms with van der Waals surface area (Å²) in [4.78, 5) is 24.1. The van der Waals surface area contributed by atoms with Crippen LogP contribution in [0.4, 0.5) is 0 Å². The summed E-state index contributed by atoms with van der Waals surface area (Å²) in [5, 5.41) is 11.3. The quantitative estimate of drug-likeness (QED) is 0.925. The number of amides is 1. The van der Waals surface area contributed by atoms with E-state index in [2.05, 4.69) is 23.8 Å². The van der Waals surface area contributed by atoms with Crippen molar-refractivity contribution in [1.29, 1.82) is 0 Å². The van der Waals surface area contributed by atoms with E-state index in [-0.39, 0.29) is 11.8 Å². The van der Waals surface area contributed by atoms with Crippen LogP contribution in [0.1, 0.15) is 45.8 Å². The van der Waals surface area contributed by atoms with Crippen molar-refractivity contribution in [1.82, 2.24) is 14.9 Å². The van der Waals surface area contributed by atoms with E-state index in [9.17, 15) is 9.90 Å². The molecule has 1 aliphatic heterocycles. The highest BCUT2D eigenvalue weighted by Crippen LogP contribution is 2.28. The number of pyridine rings is 1. The van der Waals surface area contributed by atoms with E-state index < -0.39 is 6.10 Å². The number of β-amino-alcohol motifs (C(OH)–C–C–N with tert-alkyl or cyclic N) is 1. The number of aliphatic hydroxyl groups is 1. The Morgan fingerprint density at radius 3 is 2.83 bits per heavy atom. The first-order valence-corrected chi connectivity index (χ1v) is 9.12. The number of carbonyl (C=O) groups excluding carboxylic acids is 1. The van der Waals surface area contributed by atoms with E-state index in [1.54, 1.807) is 11.1 Å². The molecule has 0 spiro atoms. The summed E-state index contributed by atoms with van der Waals surface area (Å²) in [5.41, 5.74) is 1.74. The molecule has 5 nitrogen and oxygen atoms in total. The van der Waals surface area contributed by atoms with Gasteiger partial charge in [-0.15, -0.1) is 11.3 Å². The molecule has 3 heterocycles. The van der Waals surface area contributed by atoms with E-state index in [1.807, 2.05) is 25.1 Å².